The summed E-state index contributed by atoms with van der Waals surface area (Å²) in [6.45, 7) is 5.24. The predicted molar refractivity (Wildman–Crippen MR) is 74.2 cm³/mol. The van der Waals surface area contributed by atoms with Crippen LogP contribution in [0, 0.1) is 0 Å². The first kappa shape index (κ1) is 15.7. The number of ether oxygens (including phenoxy) is 1. The fraction of sp³-hybridized carbons (Fsp3) is 0.429. The molecule has 5 heteroatoms. The molecule has 0 aliphatic rings. The molecule has 1 aromatic carbocycles. The maximum atomic E-state index is 11.9. The lowest BCUT2D eigenvalue weighted by Crippen LogP contribution is -2.38. The van der Waals surface area contributed by atoms with Gasteiger partial charge >= 0.3 is 5.97 Å². The molecule has 1 atom stereocenters. The number of halogens is 1. The summed E-state index contributed by atoms with van der Waals surface area (Å²) in [7, 11) is 0. The SMILES string of the molecule is CC(C)(C)OC(=O)C(N)CC(=O)c1cccc(Cl)c1. The van der Waals surface area contributed by atoms with Gasteiger partial charge in [-0.1, -0.05) is 23.7 Å². The normalized spacial score (nSPS) is 12.9. The molecule has 0 heterocycles. The lowest BCUT2D eigenvalue weighted by atomic mass is 10.0. The van der Waals surface area contributed by atoms with Crippen LogP contribution in [-0.2, 0) is 9.53 Å². The topological polar surface area (TPSA) is 69.4 Å². The monoisotopic (exact) mass is 283 g/mol. The largest absolute Gasteiger partial charge is 0.459 e. The highest BCUT2D eigenvalue weighted by atomic mass is 35.5. The van der Waals surface area contributed by atoms with Crippen molar-refractivity contribution in [1.29, 1.82) is 0 Å². The third-order valence-electron chi connectivity index (χ3n) is 2.26. The highest BCUT2D eigenvalue weighted by Gasteiger charge is 2.24. The van der Waals surface area contributed by atoms with E-state index in [-0.39, 0.29) is 12.2 Å². The first-order chi connectivity index (χ1) is 8.69. The molecular weight excluding hydrogens is 266 g/mol. The van der Waals surface area contributed by atoms with Crippen LogP contribution in [0.5, 0.6) is 0 Å². The lowest BCUT2D eigenvalue weighted by molar-refractivity contribution is -0.156. The van der Waals surface area contributed by atoms with Crippen molar-refractivity contribution in [3.63, 3.8) is 0 Å². The van der Waals surface area contributed by atoms with Gasteiger partial charge in [0.05, 0.1) is 0 Å². The summed E-state index contributed by atoms with van der Waals surface area (Å²) in [5, 5.41) is 0.469. The second-order valence-corrected chi connectivity index (χ2v) is 5.71. The van der Waals surface area contributed by atoms with Gasteiger partial charge in [-0.15, -0.1) is 0 Å². The zero-order chi connectivity index (χ0) is 14.6. The number of carbonyl (C=O) groups excluding carboxylic acids is 2. The quantitative estimate of drug-likeness (QED) is 0.681. The van der Waals surface area contributed by atoms with E-state index in [9.17, 15) is 9.59 Å². The van der Waals surface area contributed by atoms with Crippen LogP contribution < -0.4 is 5.73 Å². The third kappa shape index (κ3) is 5.41. The molecule has 0 fully saturated rings. The second-order valence-electron chi connectivity index (χ2n) is 5.28. The fourth-order valence-electron chi connectivity index (χ4n) is 1.44. The summed E-state index contributed by atoms with van der Waals surface area (Å²) in [5.74, 6) is -0.816. The molecule has 0 aromatic heterocycles. The van der Waals surface area contributed by atoms with E-state index in [4.69, 9.17) is 22.1 Å². The van der Waals surface area contributed by atoms with Crippen LogP contribution in [0.3, 0.4) is 0 Å². The summed E-state index contributed by atoms with van der Waals surface area (Å²) in [4.78, 5) is 23.6. The minimum absolute atomic E-state index is 0.102. The van der Waals surface area contributed by atoms with Crippen molar-refractivity contribution < 1.29 is 14.3 Å². The highest BCUT2D eigenvalue weighted by Crippen LogP contribution is 2.14. The first-order valence-corrected chi connectivity index (χ1v) is 6.34. The number of hydrogen-bond donors (Lipinski definition) is 1. The van der Waals surface area contributed by atoms with Crippen LogP contribution in [0.2, 0.25) is 5.02 Å². The van der Waals surface area contributed by atoms with E-state index in [1.54, 1.807) is 45.0 Å². The number of rotatable bonds is 4. The van der Waals surface area contributed by atoms with Gasteiger partial charge in [0.25, 0.3) is 0 Å². The van der Waals surface area contributed by atoms with Crippen molar-refractivity contribution >= 4 is 23.4 Å². The van der Waals surface area contributed by atoms with Gasteiger partial charge in [0.15, 0.2) is 5.78 Å². The van der Waals surface area contributed by atoms with Crippen molar-refractivity contribution in [2.75, 3.05) is 0 Å². The number of carbonyl (C=O) groups is 2. The Morgan fingerprint density at radius 1 is 1.37 bits per heavy atom. The van der Waals surface area contributed by atoms with E-state index in [1.165, 1.54) is 0 Å². The zero-order valence-corrected chi connectivity index (χ0v) is 12.0. The van der Waals surface area contributed by atoms with E-state index in [0.717, 1.165) is 0 Å². The number of Topliss-reactive ketones (excluding diaryl/α,β-unsaturated/α-hetero) is 1. The summed E-state index contributed by atoms with van der Waals surface area (Å²) < 4.78 is 5.12. The molecule has 0 aliphatic carbocycles. The molecule has 2 N–H and O–H groups in total. The molecule has 0 aliphatic heterocycles. The van der Waals surface area contributed by atoms with Crippen molar-refractivity contribution in [3.05, 3.63) is 34.9 Å². The average Bonchev–Trinajstić information content (AvgIpc) is 2.26. The molecule has 0 radical (unpaired) electrons. The molecule has 0 bridgehead atoms. The van der Waals surface area contributed by atoms with Crippen molar-refractivity contribution in [2.24, 2.45) is 5.73 Å². The summed E-state index contributed by atoms with van der Waals surface area (Å²) in [5.41, 5.74) is 5.49. The summed E-state index contributed by atoms with van der Waals surface area (Å²) in [6, 6.07) is 5.56. The summed E-state index contributed by atoms with van der Waals surface area (Å²) in [6.07, 6.45) is -0.102. The number of benzene rings is 1. The zero-order valence-electron chi connectivity index (χ0n) is 11.3. The van der Waals surface area contributed by atoms with Gasteiger partial charge in [-0.3, -0.25) is 9.59 Å². The molecule has 19 heavy (non-hydrogen) atoms. The number of nitrogens with two attached hydrogens (primary N) is 1. The Hall–Kier alpha value is -1.39. The van der Waals surface area contributed by atoms with Crippen molar-refractivity contribution in [1.82, 2.24) is 0 Å². The second kappa shape index (κ2) is 6.17. The van der Waals surface area contributed by atoms with E-state index >= 15 is 0 Å². The Morgan fingerprint density at radius 3 is 2.53 bits per heavy atom. The molecule has 0 spiro atoms. The summed E-state index contributed by atoms with van der Waals surface area (Å²) >= 11 is 5.80. The van der Waals surface area contributed by atoms with Crippen LogP contribution in [-0.4, -0.2) is 23.4 Å². The van der Waals surface area contributed by atoms with Gasteiger partial charge in [0.2, 0.25) is 0 Å². The van der Waals surface area contributed by atoms with Gasteiger partial charge in [-0.25, -0.2) is 0 Å². The average molecular weight is 284 g/mol. The van der Waals surface area contributed by atoms with Crippen LogP contribution in [0.15, 0.2) is 24.3 Å². The molecule has 1 unspecified atom stereocenters. The van der Waals surface area contributed by atoms with Crippen LogP contribution >= 0.6 is 11.6 Å². The Balaban J connectivity index is 2.64. The molecule has 104 valence electrons. The van der Waals surface area contributed by atoms with Gasteiger partial charge < -0.3 is 10.5 Å². The molecule has 4 nitrogen and oxygen atoms in total. The van der Waals surface area contributed by atoms with Gasteiger partial charge in [0.1, 0.15) is 11.6 Å². The van der Waals surface area contributed by atoms with E-state index in [1.807, 2.05) is 0 Å². The van der Waals surface area contributed by atoms with E-state index in [0.29, 0.717) is 10.6 Å². The standard InChI is InChI=1S/C14H18ClNO3/c1-14(2,3)19-13(18)11(16)8-12(17)9-5-4-6-10(15)7-9/h4-7,11H,8,16H2,1-3H3. The molecular formula is C14H18ClNO3. The fourth-order valence-corrected chi connectivity index (χ4v) is 1.63. The Morgan fingerprint density at radius 2 is 2.00 bits per heavy atom. The third-order valence-corrected chi connectivity index (χ3v) is 2.50. The van der Waals surface area contributed by atoms with Gasteiger partial charge in [-0.2, -0.15) is 0 Å². The number of ketones is 1. The van der Waals surface area contributed by atoms with Gasteiger partial charge in [-0.05, 0) is 32.9 Å². The predicted octanol–water partition coefficient (Wildman–Crippen LogP) is 2.58. The maximum Gasteiger partial charge on any atom is 0.323 e. The number of esters is 1. The smallest absolute Gasteiger partial charge is 0.323 e. The minimum Gasteiger partial charge on any atom is -0.459 e. The first-order valence-electron chi connectivity index (χ1n) is 5.96. The lowest BCUT2D eigenvalue weighted by Gasteiger charge is -2.21. The van der Waals surface area contributed by atoms with Crippen LogP contribution in [0.1, 0.15) is 37.6 Å². The van der Waals surface area contributed by atoms with Gasteiger partial charge in [0, 0.05) is 17.0 Å². The maximum absolute atomic E-state index is 11.9. The van der Waals surface area contributed by atoms with Crippen LogP contribution in [0.25, 0.3) is 0 Å². The van der Waals surface area contributed by atoms with Crippen molar-refractivity contribution in [3.8, 4) is 0 Å². The Bertz CT molecular complexity index is 480. The number of hydrogen-bond acceptors (Lipinski definition) is 4. The Labute approximate surface area is 117 Å². The molecule has 0 saturated carbocycles. The molecule has 1 rings (SSSR count). The van der Waals surface area contributed by atoms with E-state index in [2.05, 4.69) is 0 Å². The molecule has 0 amide bonds. The highest BCUT2D eigenvalue weighted by molar-refractivity contribution is 6.31. The van der Waals surface area contributed by atoms with Crippen molar-refractivity contribution in [2.45, 2.75) is 38.8 Å². The molecule has 0 saturated heterocycles. The minimum atomic E-state index is -0.967. The Kier molecular flexibility index (Phi) is 5.09. The van der Waals surface area contributed by atoms with Crippen LogP contribution in [0.4, 0.5) is 0 Å². The molecule has 1 aromatic rings. The van der Waals surface area contributed by atoms with E-state index < -0.39 is 17.6 Å².